The fourth-order valence-corrected chi connectivity index (χ4v) is 3.53. The molecule has 0 spiro atoms. The molecule has 18 heavy (non-hydrogen) atoms. The second-order valence-electron chi connectivity index (χ2n) is 4.26. The average Bonchev–Trinajstić information content (AvgIpc) is 2.60. The zero-order valence-corrected chi connectivity index (χ0v) is 10.8. The minimum absolute atomic E-state index is 0.0825. The summed E-state index contributed by atoms with van der Waals surface area (Å²) >= 11 is 0. The molecule has 98 valence electrons. The molecule has 1 saturated heterocycles. The molecule has 0 bridgehead atoms. The summed E-state index contributed by atoms with van der Waals surface area (Å²) in [5, 5.41) is 9.57. The third kappa shape index (κ3) is 3.08. The molecule has 0 unspecified atom stereocenters. The van der Waals surface area contributed by atoms with Crippen molar-refractivity contribution in [2.45, 2.75) is 12.1 Å². The van der Waals surface area contributed by atoms with Gasteiger partial charge in [-0.05, 0) is 29.8 Å². The summed E-state index contributed by atoms with van der Waals surface area (Å²) < 4.78 is 27.6. The van der Waals surface area contributed by atoms with Crippen molar-refractivity contribution in [3.8, 4) is 5.75 Å². The Labute approximate surface area is 106 Å². The van der Waals surface area contributed by atoms with Gasteiger partial charge in [0.15, 0.2) is 9.84 Å². The van der Waals surface area contributed by atoms with Crippen molar-refractivity contribution in [2.24, 2.45) is 4.99 Å². The molecule has 2 rings (SSSR count). The van der Waals surface area contributed by atoms with Gasteiger partial charge in [0.05, 0.1) is 30.8 Å². The van der Waals surface area contributed by atoms with E-state index >= 15 is 0 Å². The van der Waals surface area contributed by atoms with Gasteiger partial charge in [0.2, 0.25) is 0 Å². The van der Waals surface area contributed by atoms with Crippen molar-refractivity contribution in [1.82, 2.24) is 0 Å². The number of hydrogen-bond acceptors (Lipinski definition) is 5. The molecule has 1 aliphatic rings. The Balaban J connectivity index is 2.06. The highest BCUT2D eigenvalue weighted by atomic mass is 32.2. The average molecular weight is 269 g/mol. The fourth-order valence-electron chi connectivity index (χ4n) is 1.82. The number of benzene rings is 1. The number of aliphatic hydroxyl groups is 1. The van der Waals surface area contributed by atoms with Crippen LogP contribution in [0.15, 0.2) is 29.3 Å². The van der Waals surface area contributed by atoms with Gasteiger partial charge in [0, 0.05) is 6.21 Å². The summed E-state index contributed by atoms with van der Waals surface area (Å²) in [4.78, 5) is 4.13. The van der Waals surface area contributed by atoms with E-state index in [-0.39, 0.29) is 11.5 Å². The molecule has 0 saturated carbocycles. The van der Waals surface area contributed by atoms with E-state index < -0.39 is 22.0 Å². The van der Waals surface area contributed by atoms with Gasteiger partial charge in [-0.3, -0.25) is 4.99 Å². The van der Waals surface area contributed by atoms with Crippen molar-refractivity contribution < 1.29 is 18.3 Å². The van der Waals surface area contributed by atoms with E-state index in [1.54, 1.807) is 25.5 Å². The van der Waals surface area contributed by atoms with Crippen LogP contribution in [0.2, 0.25) is 0 Å². The van der Waals surface area contributed by atoms with E-state index in [0.717, 1.165) is 11.3 Å². The number of ether oxygens (including phenoxy) is 1. The van der Waals surface area contributed by atoms with Crippen LogP contribution in [0.3, 0.4) is 0 Å². The molecule has 1 N–H and O–H groups in total. The SMILES string of the molecule is COc1ccc(C=N[C@@H]2CS(=O)(=O)C[C@H]2O)cc1. The second kappa shape index (κ2) is 5.07. The zero-order valence-electron chi connectivity index (χ0n) is 9.98. The minimum Gasteiger partial charge on any atom is -0.497 e. The summed E-state index contributed by atoms with van der Waals surface area (Å²) in [5.74, 6) is 0.467. The van der Waals surface area contributed by atoms with Crippen LogP contribution < -0.4 is 4.74 Å². The molecular weight excluding hydrogens is 254 g/mol. The molecular formula is C12H15NO4S. The maximum Gasteiger partial charge on any atom is 0.155 e. The molecule has 1 aromatic rings. The molecule has 0 amide bonds. The lowest BCUT2D eigenvalue weighted by molar-refractivity contribution is 0.184. The molecule has 6 heteroatoms. The van der Waals surface area contributed by atoms with Gasteiger partial charge in [0.25, 0.3) is 0 Å². The Hall–Kier alpha value is -1.40. The lowest BCUT2D eigenvalue weighted by Gasteiger charge is -2.06. The predicted octanol–water partition coefficient (Wildman–Crippen LogP) is 0.272. The standard InChI is InChI=1S/C12H15NO4S/c1-17-10-4-2-9(3-5-10)6-13-11-7-18(15,16)8-12(11)14/h2-6,11-12,14H,7-8H2,1H3/t11-,12-/m1/s1. The third-order valence-corrected chi connectivity index (χ3v) is 4.52. The summed E-state index contributed by atoms with van der Waals surface area (Å²) in [6.45, 7) is 0. The Morgan fingerprint density at radius 1 is 1.33 bits per heavy atom. The topological polar surface area (TPSA) is 76.0 Å². The number of hydrogen-bond donors (Lipinski definition) is 1. The van der Waals surface area contributed by atoms with Gasteiger partial charge < -0.3 is 9.84 Å². The van der Waals surface area contributed by atoms with Gasteiger partial charge >= 0.3 is 0 Å². The molecule has 5 nitrogen and oxygen atoms in total. The molecule has 1 fully saturated rings. The van der Waals surface area contributed by atoms with Crippen LogP contribution in [-0.4, -0.2) is 50.5 Å². The highest BCUT2D eigenvalue weighted by Crippen LogP contribution is 2.16. The molecule has 1 heterocycles. The van der Waals surface area contributed by atoms with E-state index in [9.17, 15) is 13.5 Å². The zero-order chi connectivity index (χ0) is 13.2. The largest absolute Gasteiger partial charge is 0.497 e. The number of sulfone groups is 1. The van der Waals surface area contributed by atoms with Crippen LogP contribution in [0.1, 0.15) is 5.56 Å². The highest BCUT2D eigenvalue weighted by molar-refractivity contribution is 7.91. The van der Waals surface area contributed by atoms with Crippen molar-refractivity contribution in [3.63, 3.8) is 0 Å². The monoisotopic (exact) mass is 269 g/mol. The lowest BCUT2D eigenvalue weighted by atomic mass is 10.2. The second-order valence-corrected chi connectivity index (χ2v) is 6.42. The summed E-state index contributed by atoms with van der Waals surface area (Å²) in [6, 6.07) is 6.67. The van der Waals surface area contributed by atoms with Gasteiger partial charge in [0.1, 0.15) is 5.75 Å². The Kier molecular flexibility index (Phi) is 3.68. The van der Waals surface area contributed by atoms with Crippen LogP contribution >= 0.6 is 0 Å². The fraction of sp³-hybridized carbons (Fsp3) is 0.417. The maximum atomic E-state index is 11.3. The van der Waals surface area contributed by atoms with Gasteiger partial charge in [-0.15, -0.1) is 0 Å². The number of rotatable bonds is 3. The van der Waals surface area contributed by atoms with E-state index in [4.69, 9.17) is 4.74 Å². The first-order chi connectivity index (χ1) is 8.50. The normalized spacial score (nSPS) is 26.6. The van der Waals surface area contributed by atoms with Crippen LogP contribution in [0.25, 0.3) is 0 Å². The first kappa shape index (κ1) is 13.0. The molecule has 2 atom stereocenters. The van der Waals surface area contributed by atoms with E-state index in [2.05, 4.69) is 4.99 Å². The smallest absolute Gasteiger partial charge is 0.155 e. The third-order valence-electron chi connectivity index (χ3n) is 2.82. The van der Waals surface area contributed by atoms with E-state index in [0.29, 0.717) is 0 Å². The molecule has 0 radical (unpaired) electrons. The first-order valence-corrected chi connectivity index (χ1v) is 7.38. The summed E-state index contributed by atoms with van der Waals surface area (Å²) in [6.07, 6.45) is 0.679. The number of methoxy groups -OCH3 is 1. The van der Waals surface area contributed by atoms with E-state index in [1.807, 2.05) is 12.1 Å². The minimum atomic E-state index is -3.14. The van der Waals surface area contributed by atoms with Crippen LogP contribution in [0.5, 0.6) is 5.75 Å². The summed E-state index contributed by atoms with van der Waals surface area (Å²) in [5.41, 5.74) is 0.840. The molecule has 0 aromatic heterocycles. The van der Waals surface area contributed by atoms with Crippen molar-refractivity contribution >= 4 is 16.1 Å². The molecule has 1 aliphatic heterocycles. The van der Waals surface area contributed by atoms with Crippen molar-refractivity contribution in [1.29, 1.82) is 0 Å². The van der Waals surface area contributed by atoms with Gasteiger partial charge in [-0.25, -0.2) is 8.42 Å². The Morgan fingerprint density at radius 3 is 2.50 bits per heavy atom. The maximum absolute atomic E-state index is 11.3. The predicted molar refractivity (Wildman–Crippen MR) is 69.0 cm³/mol. The quantitative estimate of drug-likeness (QED) is 0.799. The number of aliphatic hydroxyl groups excluding tert-OH is 1. The Morgan fingerprint density at radius 2 is 2.00 bits per heavy atom. The van der Waals surface area contributed by atoms with Crippen LogP contribution in [0.4, 0.5) is 0 Å². The molecule has 1 aromatic carbocycles. The van der Waals surface area contributed by atoms with Crippen molar-refractivity contribution in [3.05, 3.63) is 29.8 Å². The highest BCUT2D eigenvalue weighted by Gasteiger charge is 2.35. The van der Waals surface area contributed by atoms with Crippen molar-refractivity contribution in [2.75, 3.05) is 18.6 Å². The van der Waals surface area contributed by atoms with Crippen LogP contribution in [-0.2, 0) is 9.84 Å². The first-order valence-electron chi connectivity index (χ1n) is 5.56. The lowest BCUT2D eigenvalue weighted by Crippen LogP contribution is -2.21. The Bertz CT molecular complexity index is 536. The van der Waals surface area contributed by atoms with Gasteiger partial charge in [-0.2, -0.15) is 0 Å². The van der Waals surface area contributed by atoms with Gasteiger partial charge in [-0.1, -0.05) is 0 Å². The molecule has 0 aliphatic carbocycles. The number of nitrogens with zero attached hydrogens (tertiary/aromatic N) is 1. The summed E-state index contributed by atoms with van der Waals surface area (Å²) in [7, 11) is -1.56. The number of aliphatic imine (C=N–C) groups is 1. The van der Waals surface area contributed by atoms with Crippen LogP contribution in [0, 0.1) is 0 Å². The van der Waals surface area contributed by atoms with E-state index in [1.165, 1.54) is 0 Å².